The van der Waals surface area contributed by atoms with Crippen LogP contribution in [0, 0.1) is 0 Å². The molecule has 2 aromatic heterocycles. The largest absolute Gasteiger partial charge is 0.256 e. The van der Waals surface area contributed by atoms with E-state index in [0.717, 1.165) is 44.3 Å². The summed E-state index contributed by atoms with van der Waals surface area (Å²) in [6.45, 7) is 0. The predicted octanol–water partition coefficient (Wildman–Crippen LogP) is 7.74. The summed E-state index contributed by atoms with van der Waals surface area (Å²) in [5.74, 6) is 1.08. The van der Waals surface area contributed by atoms with Crippen LogP contribution >= 0.6 is 11.6 Å². The predicted molar refractivity (Wildman–Crippen MR) is 142 cm³/mol. The lowest BCUT2D eigenvalue weighted by Crippen LogP contribution is -1.97. The molecular formula is C30H19ClN4. The molecule has 2 heterocycles. The summed E-state index contributed by atoms with van der Waals surface area (Å²) in [6, 6.07) is 36.7. The number of hydrogen-bond donors (Lipinski definition) is 0. The van der Waals surface area contributed by atoms with Gasteiger partial charge in [-0.2, -0.15) is 9.97 Å². The van der Waals surface area contributed by atoms with E-state index in [1.807, 2.05) is 54.7 Å². The van der Waals surface area contributed by atoms with Crippen molar-refractivity contribution in [2.45, 2.75) is 0 Å². The van der Waals surface area contributed by atoms with Crippen molar-refractivity contribution in [3.8, 4) is 45.0 Å². The summed E-state index contributed by atoms with van der Waals surface area (Å²) < 4.78 is 0. The second-order valence-corrected chi connectivity index (χ2v) is 8.49. The summed E-state index contributed by atoms with van der Waals surface area (Å²) in [4.78, 5) is 18.1. The fourth-order valence-corrected chi connectivity index (χ4v) is 4.37. The third kappa shape index (κ3) is 4.27. The Bertz CT molecular complexity index is 1640. The number of halogens is 1. The molecule has 0 saturated carbocycles. The van der Waals surface area contributed by atoms with Gasteiger partial charge in [0.05, 0.1) is 5.52 Å². The van der Waals surface area contributed by atoms with Gasteiger partial charge in [-0.1, -0.05) is 97.1 Å². The highest BCUT2D eigenvalue weighted by Gasteiger charge is 2.11. The van der Waals surface area contributed by atoms with Crippen molar-refractivity contribution in [2.75, 3.05) is 0 Å². The summed E-state index contributed by atoms with van der Waals surface area (Å²) in [5, 5.41) is 1.28. The minimum absolute atomic E-state index is 0.164. The highest BCUT2D eigenvalue weighted by molar-refractivity contribution is 6.28. The van der Waals surface area contributed by atoms with Crippen LogP contribution in [0.15, 0.2) is 115 Å². The average molecular weight is 471 g/mol. The van der Waals surface area contributed by atoms with E-state index in [4.69, 9.17) is 16.6 Å². The summed E-state index contributed by atoms with van der Waals surface area (Å²) in [7, 11) is 0. The molecule has 0 unspecified atom stereocenters. The van der Waals surface area contributed by atoms with E-state index in [1.54, 1.807) is 0 Å². The Balaban J connectivity index is 1.36. The first-order valence-corrected chi connectivity index (χ1v) is 11.6. The van der Waals surface area contributed by atoms with Gasteiger partial charge < -0.3 is 0 Å². The smallest absolute Gasteiger partial charge is 0.226 e. The number of rotatable bonds is 4. The van der Waals surface area contributed by atoms with Gasteiger partial charge in [0.15, 0.2) is 11.6 Å². The monoisotopic (exact) mass is 470 g/mol. The van der Waals surface area contributed by atoms with Gasteiger partial charge in [-0.15, -0.1) is 0 Å². The van der Waals surface area contributed by atoms with E-state index in [-0.39, 0.29) is 5.28 Å². The molecule has 0 radical (unpaired) electrons. The van der Waals surface area contributed by atoms with Gasteiger partial charge in [-0.25, -0.2) is 4.98 Å². The topological polar surface area (TPSA) is 51.6 Å². The zero-order valence-corrected chi connectivity index (χ0v) is 19.4. The Kier molecular flexibility index (Phi) is 5.49. The second-order valence-electron chi connectivity index (χ2n) is 8.16. The Morgan fingerprint density at radius 2 is 1.14 bits per heavy atom. The van der Waals surface area contributed by atoms with Gasteiger partial charge >= 0.3 is 0 Å². The van der Waals surface area contributed by atoms with Crippen LogP contribution in [0.25, 0.3) is 55.9 Å². The zero-order chi connectivity index (χ0) is 23.6. The van der Waals surface area contributed by atoms with Gasteiger partial charge in [-0.3, -0.25) is 4.98 Å². The molecule has 166 valence electrons. The number of benzene rings is 4. The number of fused-ring (bicyclic) bond motifs is 1. The van der Waals surface area contributed by atoms with E-state index in [0.29, 0.717) is 11.6 Å². The fourth-order valence-electron chi connectivity index (χ4n) is 4.21. The molecule has 4 aromatic carbocycles. The first-order chi connectivity index (χ1) is 17.2. The van der Waals surface area contributed by atoms with Gasteiger partial charge in [0.25, 0.3) is 0 Å². The lowest BCUT2D eigenvalue weighted by molar-refractivity contribution is 1.07. The lowest BCUT2D eigenvalue weighted by Gasteiger charge is -2.09. The molecule has 0 amide bonds. The maximum Gasteiger partial charge on any atom is 0.226 e. The molecular weight excluding hydrogens is 452 g/mol. The van der Waals surface area contributed by atoms with Crippen LogP contribution in [0.4, 0.5) is 0 Å². The molecule has 0 spiro atoms. The van der Waals surface area contributed by atoms with Crippen LogP contribution in [-0.2, 0) is 0 Å². The highest BCUT2D eigenvalue weighted by Crippen LogP contribution is 2.30. The van der Waals surface area contributed by atoms with E-state index in [2.05, 4.69) is 75.6 Å². The van der Waals surface area contributed by atoms with Gasteiger partial charge in [0.1, 0.15) is 0 Å². The van der Waals surface area contributed by atoms with Crippen LogP contribution in [0.2, 0.25) is 5.28 Å². The molecule has 0 saturated heterocycles. The number of hydrogen-bond acceptors (Lipinski definition) is 4. The molecule has 6 rings (SSSR count). The minimum Gasteiger partial charge on any atom is -0.256 e. The van der Waals surface area contributed by atoms with Crippen LogP contribution in [0.3, 0.4) is 0 Å². The SMILES string of the molecule is Clc1nc(-c2ccc(-c3cccc4cccnc34)cc2)nc(-c2cccc(-c3ccccc3)c2)n1. The maximum atomic E-state index is 6.33. The maximum absolute atomic E-state index is 6.33. The van der Waals surface area contributed by atoms with E-state index >= 15 is 0 Å². The Hall–Kier alpha value is -4.41. The molecule has 4 nitrogen and oxygen atoms in total. The second kappa shape index (κ2) is 9.09. The Morgan fingerprint density at radius 3 is 1.97 bits per heavy atom. The van der Waals surface area contributed by atoms with Gasteiger partial charge in [0.2, 0.25) is 5.28 Å². The number of nitrogens with zero attached hydrogens (tertiary/aromatic N) is 4. The van der Waals surface area contributed by atoms with Crippen LogP contribution in [-0.4, -0.2) is 19.9 Å². The molecule has 0 bridgehead atoms. The van der Waals surface area contributed by atoms with Crippen molar-refractivity contribution >= 4 is 22.5 Å². The molecule has 0 atom stereocenters. The van der Waals surface area contributed by atoms with Gasteiger partial charge in [0, 0.05) is 28.3 Å². The zero-order valence-electron chi connectivity index (χ0n) is 18.6. The van der Waals surface area contributed by atoms with Crippen molar-refractivity contribution in [1.82, 2.24) is 19.9 Å². The Morgan fingerprint density at radius 1 is 0.486 bits per heavy atom. The van der Waals surface area contributed by atoms with Crippen molar-refractivity contribution in [3.63, 3.8) is 0 Å². The van der Waals surface area contributed by atoms with Gasteiger partial charge in [-0.05, 0) is 40.4 Å². The summed E-state index contributed by atoms with van der Waals surface area (Å²) in [5.41, 5.74) is 7.12. The lowest BCUT2D eigenvalue weighted by atomic mass is 10.0. The third-order valence-electron chi connectivity index (χ3n) is 5.92. The summed E-state index contributed by atoms with van der Waals surface area (Å²) >= 11 is 6.33. The highest BCUT2D eigenvalue weighted by atomic mass is 35.5. The number of para-hydroxylation sites is 1. The molecule has 6 aromatic rings. The van der Waals surface area contributed by atoms with Crippen molar-refractivity contribution < 1.29 is 0 Å². The van der Waals surface area contributed by atoms with Crippen LogP contribution in [0.5, 0.6) is 0 Å². The third-order valence-corrected chi connectivity index (χ3v) is 6.09. The molecule has 5 heteroatoms. The molecule has 0 aliphatic rings. The van der Waals surface area contributed by atoms with E-state index in [1.165, 1.54) is 0 Å². The first-order valence-electron chi connectivity index (χ1n) is 11.3. The standard InChI is InChI=1S/C30H19ClN4/c31-30-34-28(33-29(35-30)25-11-4-10-24(19-25)20-7-2-1-3-8-20)23-16-14-21(15-17-23)26-13-5-9-22-12-6-18-32-27(22)26/h1-19H. The fraction of sp³-hybridized carbons (Fsp3) is 0. The Labute approximate surface area is 208 Å². The molecule has 0 aliphatic heterocycles. The minimum atomic E-state index is 0.164. The number of aromatic nitrogens is 4. The van der Waals surface area contributed by atoms with E-state index < -0.39 is 0 Å². The molecule has 35 heavy (non-hydrogen) atoms. The van der Waals surface area contributed by atoms with Crippen molar-refractivity contribution in [1.29, 1.82) is 0 Å². The number of pyridine rings is 1. The molecule has 0 fully saturated rings. The normalized spacial score (nSPS) is 11.0. The first kappa shape index (κ1) is 21.1. The van der Waals surface area contributed by atoms with Crippen LogP contribution < -0.4 is 0 Å². The molecule has 0 aliphatic carbocycles. The van der Waals surface area contributed by atoms with E-state index in [9.17, 15) is 0 Å². The van der Waals surface area contributed by atoms with Crippen LogP contribution in [0.1, 0.15) is 0 Å². The van der Waals surface area contributed by atoms with Crippen molar-refractivity contribution in [3.05, 3.63) is 121 Å². The quantitative estimate of drug-likeness (QED) is 0.264. The average Bonchev–Trinajstić information content (AvgIpc) is 2.93. The molecule has 0 N–H and O–H groups in total. The van der Waals surface area contributed by atoms with Crippen molar-refractivity contribution in [2.24, 2.45) is 0 Å². The summed E-state index contributed by atoms with van der Waals surface area (Å²) in [6.07, 6.45) is 1.82.